The quantitative estimate of drug-likeness (QED) is 0.543. The lowest BCUT2D eigenvalue weighted by molar-refractivity contribution is 0.185. The third-order valence-corrected chi connectivity index (χ3v) is 5.02. The maximum Gasteiger partial charge on any atom is 0.191 e. The highest BCUT2D eigenvalue weighted by Crippen LogP contribution is 2.31. The Hall–Kier alpha value is -2.09. The lowest BCUT2D eigenvalue weighted by Crippen LogP contribution is -2.07. The summed E-state index contributed by atoms with van der Waals surface area (Å²) in [5, 5.41) is 10.2. The van der Waals surface area contributed by atoms with Gasteiger partial charge < -0.3 is 9.47 Å². The summed E-state index contributed by atoms with van der Waals surface area (Å²) in [5.74, 6) is 2.27. The van der Waals surface area contributed by atoms with Crippen LogP contribution in [0, 0.1) is 0 Å². The number of hydrogen-bond donors (Lipinski definition) is 0. The molecule has 0 aliphatic carbocycles. The molecule has 6 nitrogen and oxygen atoms in total. The van der Waals surface area contributed by atoms with Crippen LogP contribution in [0.15, 0.2) is 47.9 Å². The van der Waals surface area contributed by atoms with Gasteiger partial charge in [-0.2, -0.15) is 0 Å². The molecule has 0 bridgehead atoms. The zero-order valence-electron chi connectivity index (χ0n) is 14.6. The molecule has 0 amide bonds. The summed E-state index contributed by atoms with van der Waals surface area (Å²) in [5.41, 5.74) is 1.98. The number of hydrogen-bond acceptors (Lipinski definition) is 6. The van der Waals surface area contributed by atoms with Gasteiger partial charge in [-0.05, 0) is 30.3 Å². The second-order valence-corrected chi connectivity index (χ2v) is 6.81. The maximum absolute atomic E-state index is 6.12. The number of methoxy groups -OCH3 is 2. The Morgan fingerprint density at radius 2 is 1.92 bits per heavy atom. The third kappa shape index (κ3) is 4.35. The van der Waals surface area contributed by atoms with Crippen LogP contribution in [0.1, 0.15) is 5.56 Å². The monoisotopic (exact) mass is 390 g/mol. The van der Waals surface area contributed by atoms with E-state index in [0.717, 1.165) is 27.9 Å². The Morgan fingerprint density at radius 3 is 2.65 bits per heavy atom. The van der Waals surface area contributed by atoms with Crippen LogP contribution in [0.5, 0.6) is 5.75 Å². The molecular formula is C18H19ClN4O2S. The average Bonchev–Trinajstić information content (AvgIpc) is 3.08. The number of benzene rings is 1. The van der Waals surface area contributed by atoms with Crippen molar-refractivity contribution in [1.82, 2.24) is 19.7 Å². The molecule has 0 N–H and O–H groups in total. The zero-order chi connectivity index (χ0) is 18.4. The highest BCUT2D eigenvalue weighted by Gasteiger charge is 2.15. The van der Waals surface area contributed by atoms with E-state index in [9.17, 15) is 0 Å². The number of nitrogens with zero attached hydrogens (tertiary/aromatic N) is 4. The molecule has 2 aromatic heterocycles. The predicted octanol–water partition coefficient (Wildman–Crippen LogP) is 3.94. The molecule has 136 valence electrons. The number of rotatable bonds is 8. The fourth-order valence-corrected chi connectivity index (χ4v) is 3.63. The van der Waals surface area contributed by atoms with Crippen molar-refractivity contribution in [1.29, 1.82) is 0 Å². The van der Waals surface area contributed by atoms with Crippen LogP contribution in [0.2, 0.25) is 5.02 Å². The largest absolute Gasteiger partial charge is 0.496 e. The first kappa shape index (κ1) is 18.7. The molecule has 3 rings (SSSR count). The molecule has 26 heavy (non-hydrogen) atoms. The second-order valence-electron chi connectivity index (χ2n) is 5.43. The van der Waals surface area contributed by atoms with Crippen molar-refractivity contribution >= 4 is 23.4 Å². The Morgan fingerprint density at radius 1 is 1.12 bits per heavy atom. The molecule has 0 saturated carbocycles. The van der Waals surface area contributed by atoms with Gasteiger partial charge in [0.2, 0.25) is 0 Å². The minimum Gasteiger partial charge on any atom is -0.496 e. The van der Waals surface area contributed by atoms with Crippen LogP contribution in [0.25, 0.3) is 11.4 Å². The number of thioether (sulfide) groups is 1. The molecule has 0 aliphatic heterocycles. The fraction of sp³-hybridized carbons (Fsp3) is 0.278. The van der Waals surface area contributed by atoms with E-state index in [1.807, 2.05) is 30.3 Å². The summed E-state index contributed by atoms with van der Waals surface area (Å²) >= 11 is 7.70. The van der Waals surface area contributed by atoms with Gasteiger partial charge in [0.25, 0.3) is 0 Å². The van der Waals surface area contributed by atoms with Crippen molar-refractivity contribution in [3.8, 4) is 17.1 Å². The SMILES string of the molecule is COCCn1c(SCc2cc(Cl)ccc2OC)nnc1-c1ccncc1. The standard InChI is InChI=1S/C18H19ClN4O2S/c1-24-10-9-23-17(13-5-7-20-8-6-13)21-22-18(23)26-12-14-11-15(19)3-4-16(14)25-2/h3-8,11H,9-10,12H2,1-2H3. The fourth-order valence-electron chi connectivity index (χ4n) is 2.50. The van der Waals surface area contributed by atoms with Crippen LogP contribution in [0.4, 0.5) is 0 Å². The molecule has 0 aliphatic rings. The van der Waals surface area contributed by atoms with Crippen LogP contribution >= 0.6 is 23.4 Å². The number of ether oxygens (including phenoxy) is 2. The first-order valence-corrected chi connectivity index (χ1v) is 9.37. The summed E-state index contributed by atoms with van der Waals surface area (Å²) in [6, 6.07) is 9.43. The van der Waals surface area contributed by atoms with Gasteiger partial charge in [0.15, 0.2) is 11.0 Å². The van der Waals surface area contributed by atoms with Gasteiger partial charge in [0.1, 0.15) is 5.75 Å². The molecule has 0 radical (unpaired) electrons. The van der Waals surface area contributed by atoms with E-state index < -0.39 is 0 Å². The van der Waals surface area contributed by atoms with Crippen molar-refractivity contribution in [3.63, 3.8) is 0 Å². The van der Waals surface area contributed by atoms with Crippen molar-refractivity contribution in [3.05, 3.63) is 53.3 Å². The van der Waals surface area contributed by atoms with E-state index in [-0.39, 0.29) is 0 Å². The molecule has 0 unspecified atom stereocenters. The predicted molar refractivity (Wildman–Crippen MR) is 103 cm³/mol. The Labute approximate surface area is 161 Å². The summed E-state index contributed by atoms with van der Waals surface area (Å²) in [6.45, 7) is 1.24. The molecule has 0 fully saturated rings. The number of aromatic nitrogens is 4. The minimum absolute atomic E-state index is 0.574. The molecule has 0 spiro atoms. The summed E-state index contributed by atoms with van der Waals surface area (Å²) in [6.07, 6.45) is 3.49. The Kier molecular flexibility index (Phi) is 6.49. The van der Waals surface area contributed by atoms with Crippen LogP contribution in [-0.2, 0) is 17.0 Å². The van der Waals surface area contributed by atoms with Gasteiger partial charge >= 0.3 is 0 Å². The van der Waals surface area contributed by atoms with E-state index in [1.54, 1.807) is 38.4 Å². The van der Waals surface area contributed by atoms with Gasteiger partial charge in [-0.1, -0.05) is 23.4 Å². The molecule has 2 heterocycles. The number of pyridine rings is 1. The summed E-state index contributed by atoms with van der Waals surface area (Å²) in [4.78, 5) is 4.06. The van der Waals surface area contributed by atoms with E-state index in [2.05, 4.69) is 19.7 Å². The van der Waals surface area contributed by atoms with Crippen LogP contribution < -0.4 is 4.74 Å². The average molecular weight is 391 g/mol. The number of halogens is 1. The molecule has 0 atom stereocenters. The van der Waals surface area contributed by atoms with Crippen LogP contribution in [-0.4, -0.2) is 40.6 Å². The van der Waals surface area contributed by atoms with Crippen molar-refractivity contribution in [2.45, 2.75) is 17.5 Å². The summed E-state index contributed by atoms with van der Waals surface area (Å²) < 4.78 is 12.7. The highest BCUT2D eigenvalue weighted by atomic mass is 35.5. The molecule has 1 aromatic carbocycles. The lowest BCUT2D eigenvalue weighted by atomic mass is 10.2. The molecule has 3 aromatic rings. The second kappa shape index (κ2) is 9.02. The smallest absolute Gasteiger partial charge is 0.191 e. The minimum atomic E-state index is 0.574. The maximum atomic E-state index is 6.12. The highest BCUT2D eigenvalue weighted by molar-refractivity contribution is 7.98. The van der Waals surface area contributed by atoms with Gasteiger partial charge in [-0.3, -0.25) is 9.55 Å². The Bertz CT molecular complexity index is 858. The van der Waals surface area contributed by atoms with E-state index in [1.165, 1.54) is 0 Å². The van der Waals surface area contributed by atoms with Gasteiger partial charge in [0.05, 0.1) is 20.3 Å². The van der Waals surface area contributed by atoms with Gasteiger partial charge in [-0.15, -0.1) is 10.2 Å². The van der Waals surface area contributed by atoms with Crippen molar-refractivity contribution in [2.24, 2.45) is 0 Å². The summed E-state index contributed by atoms with van der Waals surface area (Å²) in [7, 11) is 3.33. The van der Waals surface area contributed by atoms with E-state index in [0.29, 0.717) is 23.9 Å². The Balaban J connectivity index is 1.86. The normalized spacial score (nSPS) is 10.9. The first-order valence-electron chi connectivity index (χ1n) is 8.00. The lowest BCUT2D eigenvalue weighted by Gasteiger charge is -2.11. The van der Waals surface area contributed by atoms with Crippen molar-refractivity contribution < 1.29 is 9.47 Å². The molecule has 8 heteroatoms. The van der Waals surface area contributed by atoms with Gasteiger partial charge in [0, 0.05) is 41.4 Å². The zero-order valence-corrected chi connectivity index (χ0v) is 16.1. The van der Waals surface area contributed by atoms with Gasteiger partial charge in [-0.25, -0.2) is 0 Å². The van der Waals surface area contributed by atoms with Crippen LogP contribution in [0.3, 0.4) is 0 Å². The topological polar surface area (TPSA) is 62.1 Å². The third-order valence-electron chi connectivity index (χ3n) is 3.77. The van der Waals surface area contributed by atoms with E-state index in [4.69, 9.17) is 21.1 Å². The molecular weight excluding hydrogens is 372 g/mol. The van der Waals surface area contributed by atoms with Crippen molar-refractivity contribution in [2.75, 3.05) is 20.8 Å². The van der Waals surface area contributed by atoms with E-state index >= 15 is 0 Å². The first-order chi connectivity index (χ1) is 12.7. The molecule has 0 saturated heterocycles.